The average molecular weight is 653 g/mol. The number of nitrogens with one attached hydrogen (secondary N) is 3. The summed E-state index contributed by atoms with van der Waals surface area (Å²) in [4.78, 5) is 69.6. The lowest BCUT2D eigenvalue weighted by Crippen LogP contribution is -2.54. The number of halogens is 1. The predicted octanol–water partition coefficient (Wildman–Crippen LogP) is 3.83. The van der Waals surface area contributed by atoms with Gasteiger partial charge in [-0.2, -0.15) is 0 Å². The molecule has 3 N–H and O–H groups in total. The van der Waals surface area contributed by atoms with Gasteiger partial charge >= 0.3 is 0 Å². The van der Waals surface area contributed by atoms with E-state index in [1.165, 1.54) is 0 Å². The number of aromatic nitrogens is 3. The van der Waals surface area contributed by atoms with Gasteiger partial charge in [0.05, 0.1) is 33.7 Å². The zero-order chi connectivity index (χ0) is 32.2. The highest BCUT2D eigenvalue weighted by Gasteiger charge is 2.46. The summed E-state index contributed by atoms with van der Waals surface area (Å²) >= 11 is 6.55. The molecule has 3 atom stereocenters. The molecule has 2 aromatic carbocycles. The zero-order valence-corrected chi connectivity index (χ0v) is 26.3. The first-order valence-corrected chi connectivity index (χ1v) is 16.4. The van der Waals surface area contributed by atoms with Crippen LogP contribution in [-0.4, -0.2) is 92.7 Å². The first kappa shape index (κ1) is 29.6. The molecule has 0 radical (unpaired) electrons. The maximum atomic E-state index is 13.7. The molecule has 12 nitrogen and oxygen atoms in total. The van der Waals surface area contributed by atoms with Crippen LogP contribution < -0.4 is 15.5 Å². The molecule has 4 amide bonds. The number of carbonyl (C=O) groups is 4. The maximum absolute atomic E-state index is 13.7. The number of amides is 4. The molecular weight excluding hydrogens is 620 g/mol. The fraction of sp³-hybridized carbons (Fsp3) is 0.353. The minimum Gasteiger partial charge on any atom is -0.369 e. The highest BCUT2D eigenvalue weighted by molar-refractivity contribution is 6.33. The smallest absolute Gasteiger partial charge is 0.264 e. The first-order chi connectivity index (χ1) is 22.9. The summed E-state index contributed by atoms with van der Waals surface area (Å²) in [7, 11) is 0. The van der Waals surface area contributed by atoms with Gasteiger partial charge in [-0.25, -0.2) is 9.97 Å². The fourth-order valence-corrected chi connectivity index (χ4v) is 7.74. The predicted molar refractivity (Wildman–Crippen MR) is 176 cm³/mol. The molecular formula is C34H33ClN8O4. The Balaban J connectivity index is 0.959. The Kier molecular flexibility index (Phi) is 7.41. The minimum atomic E-state index is -0.987. The van der Waals surface area contributed by atoms with E-state index in [-0.39, 0.29) is 24.9 Å². The topological polar surface area (TPSA) is 144 Å². The van der Waals surface area contributed by atoms with Crippen molar-refractivity contribution in [1.82, 2.24) is 30.1 Å². The number of hydrogen-bond donors (Lipinski definition) is 3. The number of fused-ring (bicyclic) bond motifs is 2. The SMILES string of the molecule is O=C1CCC(N2C(=O)c3cccc(N4CCCC(N5CC[C@@H](Nc6ncc(Cl)c(-c7c[nH]c8ccccc78)n6)C5)C4)c3C2=O)C(=O)N1. The third kappa shape index (κ3) is 5.21. The van der Waals surface area contributed by atoms with Crippen LogP contribution in [-0.2, 0) is 9.59 Å². The number of likely N-dealkylation sites (tertiary alicyclic amines) is 1. The number of rotatable bonds is 6. The molecule has 13 heteroatoms. The number of imide groups is 2. The highest BCUT2D eigenvalue weighted by Crippen LogP contribution is 2.37. The Hall–Kier alpha value is -4.81. The molecule has 8 rings (SSSR count). The Bertz CT molecular complexity index is 1940. The van der Waals surface area contributed by atoms with Crippen LogP contribution in [0, 0.1) is 0 Å². The molecule has 0 bridgehead atoms. The van der Waals surface area contributed by atoms with E-state index in [1.807, 2.05) is 36.5 Å². The molecule has 4 aliphatic heterocycles. The van der Waals surface area contributed by atoms with Crippen LogP contribution in [0.15, 0.2) is 54.9 Å². The van der Waals surface area contributed by atoms with Crippen LogP contribution >= 0.6 is 11.6 Å². The Morgan fingerprint density at radius 2 is 1.79 bits per heavy atom. The minimum absolute atomic E-state index is 0.0888. The van der Waals surface area contributed by atoms with Crippen molar-refractivity contribution in [3.63, 3.8) is 0 Å². The van der Waals surface area contributed by atoms with E-state index in [9.17, 15) is 19.2 Å². The molecule has 0 aliphatic carbocycles. The van der Waals surface area contributed by atoms with Crippen molar-refractivity contribution < 1.29 is 19.2 Å². The van der Waals surface area contributed by atoms with Gasteiger partial charge in [0.2, 0.25) is 17.8 Å². The summed E-state index contributed by atoms with van der Waals surface area (Å²) in [5, 5.41) is 7.33. The lowest BCUT2D eigenvalue weighted by atomic mass is 10.0. The van der Waals surface area contributed by atoms with Gasteiger partial charge in [-0.05, 0) is 43.9 Å². The third-order valence-electron chi connectivity index (χ3n) is 9.84. The second kappa shape index (κ2) is 11.8. The molecule has 2 aromatic heterocycles. The monoisotopic (exact) mass is 652 g/mol. The summed E-state index contributed by atoms with van der Waals surface area (Å²) in [5.74, 6) is -1.42. The summed E-state index contributed by atoms with van der Waals surface area (Å²) in [6.07, 6.45) is 6.68. The van der Waals surface area contributed by atoms with Crippen molar-refractivity contribution in [3.05, 3.63) is 71.0 Å². The fourth-order valence-electron chi connectivity index (χ4n) is 7.54. The molecule has 4 aromatic rings. The summed E-state index contributed by atoms with van der Waals surface area (Å²) in [6.45, 7) is 3.20. The number of aromatic amines is 1. The lowest BCUT2D eigenvalue weighted by Gasteiger charge is -2.39. The van der Waals surface area contributed by atoms with E-state index >= 15 is 0 Å². The number of carbonyl (C=O) groups excluding carboxylic acids is 4. The first-order valence-electron chi connectivity index (χ1n) is 16.0. The summed E-state index contributed by atoms with van der Waals surface area (Å²) < 4.78 is 0. The summed E-state index contributed by atoms with van der Waals surface area (Å²) in [5.41, 5.74) is 3.99. The Labute approximate surface area is 275 Å². The maximum Gasteiger partial charge on any atom is 0.264 e. The van der Waals surface area contributed by atoms with Gasteiger partial charge in [-0.3, -0.25) is 34.3 Å². The van der Waals surface area contributed by atoms with E-state index in [0.717, 1.165) is 60.3 Å². The molecule has 6 heterocycles. The van der Waals surface area contributed by atoms with Crippen LogP contribution in [0.2, 0.25) is 5.02 Å². The number of para-hydroxylation sites is 1. The Morgan fingerprint density at radius 1 is 0.915 bits per heavy atom. The van der Waals surface area contributed by atoms with Gasteiger partial charge in [0.25, 0.3) is 11.8 Å². The average Bonchev–Trinajstić information content (AvgIpc) is 3.79. The number of benzene rings is 2. The Morgan fingerprint density at radius 3 is 2.66 bits per heavy atom. The van der Waals surface area contributed by atoms with E-state index in [4.69, 9.17) is 16.6 Å². The van der Waals surface area contributed by atoms with Gasteiger partial charge in [-0.1, -0.05) is 35.9 Å². The second-order valence-electron chi connectivity index (χ2n) is 12.7. The number of piperidine rings is 2. The highest BCUT2D eigenvalue weighted by atomic mass is 35.5. The molecule has 4 aliphatic rings. The normalized spacial score (nSPS) is 23.5. The molecule has 3 saturated heterocycles. The van der Waals surface area contributed by atoms with E-state index in [0.29, 0.717) is 40.0 Å². The van der Waals surface area contributed by atoms with Crippen molar-refractivity contribution in [2.75, 3.05) is 36.4 Å². The number of H-pyrrole nitrogens is 1. The lowest BCUT2D eigenvalue weighted by molar-refractivity contribution is -0.136. The quantitative estimate of drug-likeness (QED) is 0.265. The number of nitrogens with zero attached hydrogens (tertiary/aromatic N) is 5. The van der Waals surface area contributed by atoms with Crippen molar-refractivity contribution in [2.24, 2.45) is 0 Å². The van der Waals surface area contributed by atoms with Crippen molar-refractivity contribution in [2.45, 2.75) is 50.2 Å². The van der Waals surface area contributed by atoms with Crippen LogP contribution in [0.25, 0.3) is 22.2 Å². The van der Waals surface area contributed by atoms with E-state index in [1.54, 1.807) is 18.3 Å². The second-order valence-corrected chi connectivity index (χ2v) is 13.1. The van der Waals surface area contributed by atoms with Gasteiger partial charge in [0.15, 0.2) is 0 Å². The number of hydrogen-bond acceptors (Lipinski definition) is 9. The van der Waals surface area contributed by atoms with E-state index in [2.05, 4.69) is 30.4 Å². The van der Waals surface area contributed by atoms with Crippen LogP contribution in [0.4, 0.5) is 11.6 Å². The van der Waals surface area contributed by atoms with Gasteiger partial charge in [0.1, 0.15) is 6.04 Å². The van der Waals surface area contributed by atoms with Gasteiger partial charge in [-0.15, -0.1) is 0 Å². The zero-order valence-electron chi connectivity index (χ0n) is 25.5. The van der Waals surface area contributed by atoms with Crippen LogP contribution in [0.3, 0.4) is 0 Å². The molecule has 2 unspecified atom stereocenters. The number of anilines is 2. The van der Waals surface area contributed by atoms with Crippen molar-refractivity contribution in [3.8, 4) is 11.3 Å². The van der Waals surface area contributed by atoms with E-state index < -0.39 is 29.7 Å². The molecule has 0 spiro atoms. The summed E-state index contributed by atoms with van der Waals surface area (Å²) in [6, 6.07) is 12.8. The standard InChI is InChI=1S/C34H33ClN8O4/c35-24-16-37-34(40-30(24)23-15-36-25-8-2-1-6-21(23)25)38-19-12-14-41(17-19)20-5-4-13-42(18-20)26-9-3-7-22-29(26)33(47)43(32(22)46)27-10-11-28(44)39-31(27)45/h1-3,6-9,15-16,19-20,27,36H,4-5,10-14,17-18H2,(H,37,38,40)(H,39,44,45)/t19-,20?,27?/m1/s1. The van der Waals surface area contributed by atoms with Gasteiger partial charge < -0.3 is 15.2 Å². The van der Waals surface area contributed by atoms with Crippen LogP contribution in [0.1, 0.15) is 52.8 Å². The van der Waals surface area contributed by atoms with Gasteiger partial charge in [0, 0.05) is 67.3 Å². The molecule has 240 valence electrons. The molecule has 3 fully saturated rings. The third-order valence-corrected chi connectivity index (χ3v) is 10.1. The van der Waals surface area contributed by atoms with Crippen molar-refractivity contribution in [1.29, 1.82) is 0 Å². The largest absolute Gasteiger partial charge is 0.369 e. The van der Waals surface area contributed by atoms with Crippen LogP contribution in [0.5, 0.6) is 0 Å². The molecule has 0 saturated carbocycles. The van der Waals surface area contributed by atoms with Crippen molar-refractivity contribution >= 4 is 57.8 Å². The molecule has 47 heavy (non-hydrogen) atoms.